The van der Waals surface area contributed by atoms with Crippen LogP contribution in [-0.4, -0.2) is 22.5 Å². The third-order valence-corrected chi connectivity index (χ3v) is 2.74. The van der Waals surface area contributed by atoms with Crippen molar-refractivity contribution >= 4 is 21.8 Å². The highest BCUT2D eigenvalue weighted by Crippen LogP contribution is 2.07. The zero-order chi connectivity index (χ0) is 13.8. The Kier molecular flexibility index (Phi) is 5.28. The fourth-order valence-corrected chi connectivity index (χ4v) is 1.57. The molecule has 0 spiro atoms. The summed E-state index contributed by atoms with van der Waals surface area (Å²) in [6.07, 6.45) is 1.75. The molecule has 0 fully saturated rings. The van der Waals surface area contributed by atoms with Crippen LogP contribution in [0.15, 0.2) is 22.8 Å². The third-order valence-electron chi connectivity index (χ3n) is 2.27. The molecule has 5 heteroatoms. The Hall–Kier alpha value is -0.940. The van der Waals surface area contributed by atoms with Crippen LogP contribution in [0.2, 0.25) is 0 Å². The van der Waals surface area contributed by atoms with Gasteiger partial charge in [0.15, 0.2) is 0 Å². The zero-order valence-corrected chi connectivity index (χ0v) is 12.8. The molecular formula is C13H20BrN3O. The van der Waals surface area contributed by atoms with Crippen LogP contribution in [0.1, 0.15) is 33.4 Å². The average molecular weight is 314 g/mol. The number of carbonyl (C=O) groups excluding carboxylic acids is 1. The van der Waals surface area contributed by atoms with Crippen LogP contribution in [-0.2, 0) is 11.3 Å². The molecule has 0 saturated carbocycles. The third kappa shape index (κ3) is 5.60. The lowest BCUT2D eigenvalue weighted by atomic mass is 10.1. The van der Waals surface area contributed by atoms with Crippen LogP contribution in [0, 0.1) is 0 Å². The van der Waals surface area contributed by atoms with Gasteiger partial charge in [-0.25, -0.2) is 0 Å². The molecule has 1 aromatic rings. The predicted octanol–water partition coefficient (Wildman–Crippen LogP) is 2.24. The van der Waals surface area contributed by atoms with Gasteiger partial charge >= 0.3 is 0 Å². The van der Waals surface area contributed by atoms with E-state index in [-0.39, 0.29) is 17.5 Å². The summed E-state index contributed by atoms with van der Waals surface area (Å²) in [6, 6.07) is 3.62. The summed E-state index contributed by atoms with van der Waals surface area (Å²) >= 11 is 3.33. The molecule has 0 bridgehead atoms. The van der Waals surface area contributed by atoms with Gasteiger partial charge < -0.3 is 10.6 Å². The lowest BCUT2D eigenvalue weighted by Crippen LogP contribution is -2.49. The number of nitrogens with one attached hydrogen (secondary N) is 2. The molecule has 1 heterocycles. The van der Waals surface area contributed by atoms with Gasteiger partial charge in [0, 0.05) is 22.8 Å². The molecule has 1 rings (SSSR count). The van der Waals surface area contributed by atoms with E-state index in [0.717, 1.165) is 10.2 Å². The molecule has 1 aromatic heterocycles. The summed E-state index contributed by atoms with van der Waals surface area (Å²) in [6.45, 7) is 8.32. The van der Waals surface area contributed by atoms with E-state index in [9.17, 15) is 4.79 Å². The minimum Gasteiger partial charge on any atom is -0.350 e. The van der Waals surface area contributed by atoms with Crippen LogP contribution in [0.25, 0.3) is 0 Å². The lowest BCUT2D eigenvalue weighted by molar-refractivity contribution is -0.124. The van der Waals surface area contributed by atoms with Gasteiger partial charge in [-0.3, -0.25) is 9.78 Å². The van der Waals surface area contributed by atoms with E-state index in [2.05, 4.69) is 31.5 Å². The molecule has 1 unspecified atom stereocenters. The quantitative estimate of drug-likeness (QED) is 0.896. The molecule has 18 heavy (non-hydrogen) atoms. The Morgan fingerprint density at radius 2 is 2.11 bits per heavy atom. The highest BCUT2D eigenvalue weighted by molar-refractivity contribution is 9.10. The number of hydrogen-bond donors (Lipinski definition) is 2. The number of aromatic nitrogens is 1. The lowest BCUT2D eigenvalue weighted by Gasteiger charge is -2.23. The Morgan fingerprint density at radius 3 is 2.61 bits per heavy atom. The Morgan fingerprint density at radius 1 is 1.44 bits per heavy atom. The van der Waals surface area contributed by atoms with Crippen molar-refractivity contribution in [3.8, 4) is 0 Å². The minimum atomic E-state index is -0.241. The van der Waals surface area contributed by atoms with Gasteiger partial charge in [0.05, 0.1) is 11.7 Å². The molecule has 0 saturated heterocycles. The summed E-state index contributed by atoms with van der Waals surface area (Å²) in [5.41, 5.74) is 0.705. The second kappa shape index (κ2) is 6.29. The van der Waals surface area contributed by atoms with Gasteiger partial charge in [-0.1, -0.05) is 0 Å². The van der Waals surface area contributed by atoms with Crippen LogP contribution in [0.4, 0.5) is 0 Å². The van der Waals surface area contributed by atoms with Crippen LogP contribution in [0.3, 0.4) is 0 Å². The van der Waals surface area contributed by atoms with E-state index in [1.807, 2.05) is 39.8 Å². The minimum absolute atomic E-state index is 0.000360. The first-order valence-electron chi connectivity index (χ1n) is 5.94. The van der Waals surface area contributed by atoms with Gasteiger partial charge in [0.25, 0.3) is 0 Å². The van der Waals surface area contributed by atoms with E-state index in [1.54, 1.807) is 6.20 Å². The second-order valence-electron chi connectivity index (χ2n) is 5.31. The molecule has 1 amide bonds. The Balaban J connectivity index is 2.43. The van der Waals surface area contributed by atoms with Crippen molar-refractivity contribution < 1.29 is 4.79 Å². The van der Waals surface area contributed by atoms with E-state index < -0.39 is 0 Å². The van der Waals surface area contributed by atoms with Gasteiger partial charge in [0.2, 0.25) is 5.91 Å². The van der Waals surface area contributed by atoms with Crippen LogP contribution < -0.4 is 10.6 Å². The molecule has 0 radical (unpaired) electrons. The van der Waals surface area contributed by atoms with Crippen molar-refractivity contribution in [3.05, 3.63) is 28.5 Å². The summed E-state index contributed by atoms with van der Waals surface area (Å²) < 4.78 is 0.949. The van der Waals surface area contributed by atoms with Gasteiger partial charge in [-0.2, -0.15) is 0 Å². The van der Waals surface area contributed by atoms with Crippen molar-refractivity contribution in [3.63, 3.8) is 0 Å². The molecule has 2 N–H and O–H groups in total. The predicted molar refractivity (Wildman–Crippen MR) is 76.1 cm³/mol. The molecule has 100 valence electrons. The number of rotatable bonds is 4. The van der Waals surface area contributed by atoms with Crippen LogP contribution in [0.5, 0.6) is 0 Å². The first-order valence-corrected chi connectivity index (χ1v) is 6.73. The van der Waals surface area contributed by atoms with Crippen molar-refractivity contribution in [2.75, 3.05) is 0 Å². The summed E-state index contributed by atoms with van der Waals surface area (Å²) in [5, 5.41) is 6.09. The van der Waals surface area contributed by atoms with Gasteiger partial charge in [0.1, 0.15) is 0 Å². The van der Waals surface area contributed by atoms with E-state index in [1.165, 1.54) is 0 Å². The van der Waals surface area contributed by atoms with Crippen molar-refractivity contribution in [1.29, 1.82) is 0 Å². The molecule has 0 aliphatic heterocycles. The van der Waals surface area contributed by atoms with E-state index >= 15 is 0 Å². The molecule has 0 aliphatic rings. The SMILES string of the molecule is CC(NCc1ccc(Br)cn1)C(=O)NC(C)(C)C. The summed E-state index contributed by atoms with van der Waals surface area (Å²) in [7, 11) is 0. The summed E-state index contributed by atoms with van der Waals surface area (Å²) in [4.78, 5) is 16.1. The molecular weight excluding hydrogens is 294 g/mol. The number of nitrogens with zero attached hydrogens (tertiary/aromatic N) is 1. The average Bonchev–Trinajstić information content (AvgIpc) is 2.25. The number of pyridine rings is 1. The number of halogens is 1. The number of amides is 1. The Bertz CT molecular complexity index is 398. The highest BCUT2D eigenvalue weighted by atomic mass is 79.9. The maximum Gasteiger partial charge on any atom is 0.237 e. The van der Waals surface area contributed by atoms with Crippen molar-refractivity contribution in [2.24, 2.45) is 0 Å². The maximum absolute atomic E-state index is 11.8. The first-order chi connectivity index (χ1) is 8.28. The van der Waals surface area contributed by atoms with Crippen molar-refractivity contribution in [1.82, 2.24) is 15.6 Å². The number of hydrogen-bond acceptors (Lipinski definition) is 3. The van der Waals surface area contributed by atoms with Gasteiger partial charge in [-0.05, 0) is 55.8 Å². The zero-order valence-electron chi connectivity index (χ0n) is 11.2. The van der Waals surface area contributed by atoms with E-state index in [0.29, 0.717) is 6.54 Å². The molecule has 0 aliphatic carbocycles. The van der Waals surface area contributed by atoms with Gasteiger partial charge in [-0.15, -0.1) is 0 Å². The first kappa shape index (κ1) is 15.1. The Labute approximate surface area is 117 Å². The standard InChI is InChI=1S/C13H20BrN3O/c1-9(12(18)17-13(2,3)4)15-8-11-6-5-10(14)7-16-11/h5-7,9,15H,8H2,1-4H3,(H,17,18). The van der Waals surface area contributed by atoms with Crippen molar-refractivity contribution in [2.45, 2.75) is 45.8 Å². The summed E-state index contributed by atoms with van der Waals surface area (Å²) in [5.74, 6) is -0.000360. The molecule has 1 atom stereocenters. The second-order valence-corrected chi connectivity index (χ2v) is 6.23. The smallest absolute Gasteiger partial charge is 0.237 e. The maximum atomic E-state index is 11.8. The fourth-order valence-electron chi connectivity index (χ4n) is 1.34. The molecule has 4 nitrogen and oxygen atoms in total. The fraction of sp³-hybridized carbons (Fsp3) is 0.538. The largest absolute Gasteiger partial charge is 0.350 e. The monoisotopic (exact) mass is 313 g/mol. The molecule has 0 aromatic carbocycles. The topological polar surface area (TPSA) is 54.0 Å². The van der Waals surface area contributed by atoms with E-state index in [4.69, 9.17) is 0 Å². The number of carbonyl (C=O) groups is 1. The highest BCUT2D eigenvalue weighted by Gasteiger charge is 2.18. The normalized spacial score (nSPS) is 13.2. The van der Waals surface area contributed by atoms with Crippen LogP contribution >= 0.6 is 15.9 Å².